The highest BCUT2D eigenvalue weighted by molar-refractivity contribution is 7.16. The number of nitrogens with one attached hydrogen (secondary N) is 1. The number of aromatic nitrogens is 2. The molecule has 2 aromatic heterocycles. The van der Waals surface area contributed by atoms with Crippen molar-refractivity contribution in [1.29, 1.82) is 5.26 Å². The Balaban J connectivity index is 1.86. The molecule has 1 saturated carbocycles. The number of hydrogen-bond donors (Lipinski definition) is 1. The Morgan fingerprint density at radius 3 is 2.54 bits per heavy atom. The molecule has 26 heavy (non-hydrogen) atoms. The summed E-state index contributed by atoms with van der Waals surface area (Å²) in [5, 5.41) is 12.5. The Morgan fingerprint density at radius 1 is 1.38 bits per heavy atom. The second kappa shape index (κ2) is 6.61. The van der Waals surface area contributed by atoms with Crippen molar-refractivity contribution >= 4 is 28.1 Å². The molecular formula is C17H17F2N5OS. The predicted molar refractivity (Wildman–Crippen MR) is 93.0 cm³/mol. The monoisotopic (exact) mass is 377 g/mol. The third-order valence-corrected chi connectivity index (χ3v) is 5.58. The van der Waals surface area contributed by atoms with Crippen LogP contribution in [0, 0.1) is 35.7 Å². The number of nitriles is 1. The maximum Gasteiger partial charge on any atom is 0.271 e. The molecule has 1 N–H and O–H groups in total. The molecule has 1 aliphatic carbocycles. The van der Waals surface area contributed by atoms with Gasteiger partial charge in [-0.15, -0.1) is 11.3 Å². The Bertz CT molecular complexity index is 885. The van der Waals surface area contributed by atoms with Gasteiger partial charge in [-0.2, -0.15) is 19.0 Å². The number of carbonyl (C=O) groups excluding carboxylic acids is 1. The third-order valence-electron chi connectivity index (χ3n) is 4.62. The maximum atomic E-state index is 13.3. The minimum atomic E-state index is -1.04. The summed E-state index contributed by atoms with van der Waals surface area (Å²) in [6, 6.07) is 1.94. The summed E-state index contributed by atoms with van der Waals surface area (Å²) in [5.74, 6) is -2.40. The van der Waals surface area contributed by atoms with Crippen LogP contribution in [0.25, 0.3) is 0 Å². The average molecular weight is 377 g/mol. The molecular weight excluding hydrogens is 360 g/mol. The summed E-state index contributed by atoms with van der Waals surface area (Å²) < 4.78 is 26.7. The van der Waals surface area contributed by atoms with Gasteiger partial charge in [0, 0.05) is 23.1 Å². The first-order chi connectivity index (χ1) is 12.2. The molecule has 3 rings (SSSR count). The van der Waals surface area contributed by atoms with Crippen LogP contribution in [-0.2, 0) is 0 Å². The second-order valence-corrected chi connectivity index (χ2v) is 8.04. The molecule has 1 aliphatic rings. The van der Waals surface area contributed by atoms with Gasteiger partial charge in [-0.1, -0.05) is 13.8 Å². The van der Waals surface area contributed by atoms with Gasteiger partial charge >= 0.3 is 0 Å². The van der Waals surface area contributed by atoms with E-state index in [4.69, 9.17) is 0 Å². The van der Waals surface area contributed by atoms with Crippen molar-refractivity contribution in [2.24, 2.45) is 5.41 Å². The van der Waals surface area contributed by atoms with Crippen molar-refractivity contribution in [3.8, 4) is 6.19 Å². The molecule has 1 amide bonds. The van der Waals surface area contributed by atoms with Gasteiger partial charge in [0.15, 0.2) is 6.19 Å². The minimum Gasteiger partial charge on any atom is -0.347 e. The first kappa shape index (κ1) is 18.2. The number of thiazole rings is 1. The topological polar surface area (TPSA) is 81.9 Å². The van der Waals surface area contributed by atoms with Gasteiger partial charge in [-0.05, 0) is 25.2 Å². The number of halogens is 2. The van der Waals surface area contributed by atoms with E-state index in [2.05, 4.69) is 29.1 Å². The van der Waals surface area contributed by atoms with Crippen LogP contribution in [-0.4, -0.2) is 21.9 Å². The van der Waals surface area contributed by atoms with Gasteiger partial charge in [0.2, 0.25) is 17.0 Å². The lowest BCUT2D eigenvalue weighted by Gasteiger charge is -2.44. The van der Waals surface area contributed by atoms with Crippen LogP contribution in [0.15, 0.2) is 12.1 Å². The highest BCUT2D eigenvalue weighted by Gasteiger charge is 2.39. The van der Waals surface area contributed by atoms with E-state index in [0.717, 1.165) is 41.2 Å². The molecule has 136 valence electrons. The normalized spacial score (nSPS) is 17.9. The van der Waals surface area contributed by atoms with Gasteiger partial charge in [-0.25, -0.2) is 9.88 Å². The zero-order chi connectivity index (χ0) is 19.1. The number of amides is 1. The standard InChI is InChI=1S/C17H17F2N5OS/c1-9-14(15(25)21-11-4-5-17(11,2)3)23-16(26-9)24(8-20)10-6-12(18)22-13(19)7-10/h6-7,11H,4-5H2,1-3H3,(H,21,25)/t11-/m1/s1. The number of aryl methyl sites for hydroxylation is 1. The molecule has 6 nitrogen and oxygen atoms in total. The molecule has 0 aliphatic heterocycles. The van der Waals surface area contributed by atoms with E-state index in [0.29, 0.717) is 4.88 Å². The maximum absolute atomic E-state index is 13.3. The SMILES string of the molecule is Cc1sc(N(C#N)c2cc(F)nc(F)c2)nc1C(=O)N[C@@H]1CCC1(C)C. The molecule has 0 bridgehead atoms. The first-order valence-corrected chi connectivity index (χ1v) is 8.84. The second-order valence-electron chi connectivity index (χ2n) is 6.86. The summed E-state index contributed by atoms with van der Waals surface area (Å²) in [6.45, 7) is 5.89. The lowest BCUT2D eigenvalue weighted by atomic mass is 9.67. The summed E-state index contributed by atoms with van der Waals surface area (Å²) in [5.41, 5.74) is 0.217. The average Bonchev–Trinajstić information content (AvgIpc) is 2.93. The fourth-order valence-corrected chi connectivity index (χ4v) is 3.72. The van der Waals surface area contributed by atoms with Gasteiger partial charge in [0.25, 0.3) is 5.91 Å². The van der Waals surface area contributed by atoms with Crippen molar-refractivity contribution in [3.05, 3.63) is 34.6 Å². The largest absolute Gasteiger partial charge is 0.347 e. The van der Waals surface area contributed by atoms with E-state index in [9.17, 15) is 18.8 Å². The summed E-state index contributed by atoms with van der Waals surface area (Å²) in [4.78, 5) is 21.3. The van der Waals surface area contributed by atoms with Crippen molar-refractivity contribution in [2.75, 3.05) is 4.90 Å². The highest BCUT2D eigenvalue weighted by atomic mass is 32.1. The Labute approximate surface area is 153 Å². The summed E-state index contributed by atoms with van der Waals surface area (Å²) in [7, 11) is 0. The fraction of sp³-hybridized carbons (Fsp3) is 0.412. The van der Waals surface area contributed by atoms with Gasteiger partial charge in [0.1, 0.15) is 5.69 Å². The van der Waals surface area contributed by atoms with Crippen molar-refractivity contribution in [1.82, 2.24) is 15.3 Å². The highest BCUT2D eigenvalue weighted by Crippen LogP contribution is 2.40. The van der Waals surface area contributed by atoms with E-state index in [1.54, 1.807) is 6.92 Å². The molecule has 1 atom stereocenters. The molecule has 1 fully saturated rings. The van der Waals surface area contributed by atoms with E-state index >= 15 is 0 Å². The van der Waals surface area contributed by atoms with E-state index in [1.807, 2.05) is 6.19 Å². The zero-order valence-corrected chi connectivity index (χ0v) is 15.3. The molecule has 2 heterocycles. The fourth-order valence-electron chi connectivity index (χ4n) is 2.84. The number of pyridine rings is 1. The molecule has 2 aromatic rings. The third kappa shape index (κ3) is 3.37. The first-order valence-electron chi connectivity index (χ1n) is 8.02. The Hall–Kier alpha value is -2.60. The summed E-state index contributed by atoms with van der Waals surface area (Å²) in [6.07, 6.45) is 3.79. The van der Waals surface area contributed by atoms with Crippen LogP contribution in [0.2, 0.25) is 0 Å². The number of nitrogens with zero attached hydrogens (tertiary/aromatic N) is 4. The molecule has 0 radical (unpaired) electrons. The van der Waals surface area contributed by atoms with Gasteiger partial charge < -0.3 is 5.32 Å². The van der Waals surface area contributed by atoms with E-state index < -0.39 is 11.9 Å². The van der Waals surface area contributed by atoms with Crippen LogP contribution in [0.3, 0.4) is 0 Å². The Kier molecular flexibility index (Phi) is 4.63. The minimum absolute atomic E-state index is 0.0432. The molecule has 0 aromatic carbocycles. The van der Waals surface area contributed by atoms with E-state index in [-0.39, 0.29) is 33.9 Å². The van der Waals surface area contributed by atoms with Crippen LogP contribution in [0.1, 0.15) is 42.1 Å². The van der Waals surface area contributed by atoms with Crippen molar-refractivity contribution in [2.45, 2.75) is 39.7 Å². The molecule has 0 spiro atoms. The molecule has 0 saturated heterocycles. The smallest absolute Gasteiger partial charge is 0.271 e. The van der Waals surface area contributed by atoms with Crippen LogP contribution >= 0.6 is 11.3 Å². The summed E-state index contributed by atoms with van der Waals surface area (Å²) >= 11 is 1.10. The van der Waals surface area contributed by atoms with E-state index in [1.165, 1.54) is 0 Å². The Morgan fingerprint density at radius 2 is 2.04 bits per heavy atom. The van der Waals surface area contributed by atoms with Crippen LogP contribution < -0.4 is 10.2 Å². The number of carbonyl (C=O) groups is 1. The van der Waals surface area contributed by atoms with Gasteiger partial charge in [-0.3, -0.25) is 4.79 Å². The molecule has 0 unspecified atom stereocenters. The predicted octanol–water partition coefficient (Wildman–Crippen LogP) is 3.66. The van der Waals surface area contributed by atoms with Crippen molar-refractivity contribution < 1.29 is 13.6 Å². The van der Waals surface area contributed by atoms with Crippen molar-refractivity contribution in [3.63, 3.8) is 0 Å². The molecule has 9 heteroatoms. The number of rotatable bonds is 4. The lowest BCUT2D eigenvalue weighted by Crippen LogP contribution is -2.52. The van der Waals surface area contributed by atoms with Crippen LogP contribution in [0.5, 0.6) is 0 Å². The van der Waals surface area contributed by atoms with Gasteiger partial charge in [0.05, 0.1) is 5.69 Å². The number of hydrogen-bond acceptors (Lipinski definition) is 6. The zero-order valence-electron chi connectivity index (χ0n) is 14.5. The quantitative estimate of drug-likeness (QED) is 0.499. The lowest BCUT2D eigenvalue weighted by molar-refractivity contribution is 0.0728. The van der Waals surface area contributed by atoms with Crippen LogP contribution in [0.4, 0.5) is 19.6 Å². The number of anilines is 2.